The van der Waals surface area contributed by atoms with Crippen molar-refractivity contribution in [2.45, 2.75) is 18.3 Å². The van der Waals surface area contributed by atoms with Crippen molar-refractivity contribution in [2.24, 2.45) is 12.8 Å². The molecule has 0 amide bonds. The Kier molecular flexibility index (Phi) is 4.52. The van der Waals surface area contributed by atoms with Crippen LogP contribution in [0.1, 0.15) is 17.5 Å². The summed E-state index contributed by atoms with van der Waals surface area (Å²) in [7, 11) is 1.87. The summed E-state index contributed by atoms with van der Waals surface area (Å²) < 4.78 is 14.8. The summed E-state index contributed by atoms with van der Waals surface area (Å²) in [5, 5.41) is 13.9. The van der Waals surface area contributed by atoms with Gasteiger partial charge in [0.05, 0.1) is 12.8 Å². The molecule has 1 atom stereocenters. The van der Waals surface area contributed by atoms with E-state index in [1.807, 2.05) is 19.4 Å². The number of hydrogen-bond donors (Lipinski definition) is 2. The zero-order valence-electron chi connectivity index (χ0n) is 11.6. The van der Waals surface area contributed by atoms with Crippen LogP contribution in [0.5, 0.6) is 0 Å². The molecule has 0 aliphatic heterocycles. The predicted octanol–water partition coefficient (Wildman–Crippen LogP) is 1.38. The van der Waals surface area contributed by atoms with Crippen molar-refractivity contribution in [3.8, 4) is 0 Å². The van der Waals surface area contributed by atoms with Crippen molar-refractivity contribution in [3.05, 3.63) is 53.6 Å². The molecule has 1 aromatic carbocycles. The molecular weight excluding hydrogens is 257 g/mol. The molecule has 2 aromatic rings. The Balaban J connectivity index is 2.18. The van der Waals surface area contributed by atoms with Crippen molar-refractivity contribution in [1.82, 2.24) is 9.78 Å². The largest absolute Gasteiger partial charge is 0.395 e. The fraction of sp³-hybridized carbons (Fsp3) is 0.400. The number of aliphatic hydroxyl groups is 1. The maximum atomic E-state index is 13.0. The van der Waals surface area contributed by atoms with E-state index in [4.69, 9.17) is 5.73 Å². The van der Waals surface area contributed by atoms with E-state index in [1.165, 1.54) is 12.1 Å². The number of benzene rings is 1. The Morgan fingerprint density at radius 2 is 2.05 bits per heavy atom. The van der Waals surface area contributed by atoms with Crippen LogP contribution in [-0.2, 0) is 18.9 Å². The lowest BCUT2D eigenvalue weighted by Gasteiger charge is -2.31. The van der Waals surface area contributed by atoms with Gasteiger partial charge in [0.2, 0.25) is 0 Å². The SMILES string of the molecule is Cn1cc(CCC(CN)(CO)c2ccc(F)cc2)cn1. The molecule has 0 fully saturated rings. The molecule has 108 valence electrons. The first-order valence-corrected chi connectivity index (χ1v) is 6.64. The van der Waals surface area contributed by atoms with Gasteiger partial charge in [0.15, 0.2) is 0 Å². The molecule has 4 nitrogen and oxygen atoms in total. The molecule has 0 aliphatic carbocycles. The maximum Gasteiger partial charge on any atom is 0.123 e. The zero-order valence-corrected chi connectivity index (χ0v) is 11.6. The number of rotatable bonds is 6. The van der Waals surface area contributed by atoms with E-state index in [1.54, 1.807) is 16.8 Å². The van der Waals surface area contributed by atoms with Crippen LogP contribution in [0.3, 0.4) is 0 Å². The van der Waals surface area contributed by atoms with Gasteiger partial charge in [-0.2, -0.15) is 5.10 Å². The van der Waals surface area contributed by atoms with Crippen LogP contribution in [-0.4, -0.2) is 28.0 Å². The van der Waals surface area contributed by atoms with E-state index < -0.39 is 5.41 Å². The number of nitrogens with zero attached hydrogens (tertiary/aromatic N) is 2. The third kappa shape index (κ3) is 3.05. The minimum Gasteiger partial charge on any atom is -0.395 e. The number of hydrogen-bond acceptors (Lipinski definition) is 3. The number of aromatic nitrogens is 2. The summed E-state index contributed by atoms with van der Waals surface area (Å²) in [6.07, 6.45) is 5.22. The lowest BCUT2D eigenvalue weighted by atomic mass is 9.77. The second kappa shape index (κ2) is 6.15. The van der Waals surface area contributed by atoms with Gasteiger partial charge in [-0.15, -0.1) is 0 Å². The number of nitrogens with two attached hydrogens (primary N) is 1. The number of halogens is 1. The molecule has 0 saturated heterocycles. The Hall–Kier alpha value is -1.72. The zero-order chi connectivity index (χ0) is 14.6. The Bertz CT molecular complexity index is 547. The fourth-order valence-corrected chi connectivity index (χ4v) is 2.39. The summed E-state index contributed by atoms with van der Waals surface area (Å²) >= 11 is 0. The second-order valence-corrected chi connectivity index (χ2v) is 5.17. The standard InChI is InChI=1S/C15H20FN3O/c1-19-9-12(8-18-19)6-7-15(10-17,11-20)13-2-4-14(16)5-3-13/h2-5,8-9,20H,6-7,10-11,17H2,1H3. The van der Waals surface area contributed by atoms with Crippen molar-refractivity contribution in [1.29, 1.82) is 0 Å². The lowest BCUT2D eigenvalue weighted by Crippen LogP contribution is -2.39. The third-order valence-electron chi connectivity index (χ3n) is 3.80. The van der Waals surface area contributed by atoms with Crippen LogP contribution in [0.25, 0.3) is 0 Å². The van der Waals surface area contributed by atoms with E-state index in [0.29, 0.717) is 13.0 Å². The Morgan fingerprint density at radius 1 is 1.35 bits per heavy atom. The van der Waals surface area contributed by atoms with E-state index in [0.717, 1.165) is 17.5 Å². The molecule has 20 heavy (non-hydrogen) atoms. The Morgan fingerprint density at radius 3 is 2.55 bits per heavy atom. The van der Waals surface area contributed by atoms with Gasteiger partial charge in [0.25, 0.3) is 0 Å². The van der Waals surface area contributed by atoms with Crippen molar-refractivity contribution in [3.63, 3.8) is 0 Å². The van der Waals surface area contributed by atoms with Crippen LogP contribution in [0.4, 0.5) is 4.39 Å². The highest BCUT2D eigenvalue weighted by molar-refractivity contribution is 5.27. The average molecular weight is 277 g/mol. The monoisotopic (exact) mass is 277 g/mol. The predicted molar refractivity (Wildman–Crippen MR) is 75.7 cm³/mol. The van der Waals surface area contributed by atoms with Gasteiger partial charge < -0.3 is 10.8 Å². The first kappa shape index (κ1) is 14.7. The first-order chi connectivity index (χ1) is 9.59. The van der Waals surface area contributed by atoms with Crippen LogP contribution in [0.2, 0.25) is 0 Å². The smallest absolute Gasteiger partial charge is 0.123 e. The lowest BCUT2D eigenvalue weighted by molar-refractivity contribution is 0.188. The summed E-state index contributed by atoms with van der Waals surface area (Å²) in [5.41, 5.74) is 7.31. The normalized spacial score (nSPS) is 14.2. The fourth-order valence-electron chi connectivity index (χ4n) is 2.39. The van der Waals surface area contributed by atoms with E-state index in [2.05, 4.69) is 5.10 Å². The molecule has 5 heteroatoms. The molecule has 3 N–H and O–H groups in total. The van der Waals surface area contributed by atoms with E-state index in [9.17, 15) is 9.50 Å². The maximum absolute atomic E-state index is 13.0. The van der Waals surface area contributed by atoms with Gasteiger partial charge in [-0.3, -0.25) is 4.68 Å². The summed E-state index contributed by atoms with van der Waals surface area (Å²) in [4.78, 5) is 0. The van der Waals surface area contributed by atoms with Crippen LogP contribution in [0.15, 0.2) is 36.7 Å². The van der Waals surface area contributed by atoms with E-state index in [-0.39, 0.29) is 12.4 Å². The highest BCUT2D eigenvalue weighted by atomic mass is 19.1. The molecule has 0 spiro atoms. The summed E-state index contributed by atoms with van der Waals surface area (Å²) in [6.45, 7) is 0.255. The van der Waals surface area contributed by atoms with Crippen LogP contribution >= 0.6 is 0 Å². The topological polar surface area (TPSA) is 64.1 Å². The molecule has 0 saturated carbocycles. The van der Waals surface area contributed by atoms with Crippen LogP contribution in [0, 0.1) is 5.82 Å². The third-order valence-corrected chi connectivity index (χ3v) is 3.80. The van der Waals surface area contributed by atoms with Gasteiger partial charge in [-0.1, -0.05) is 12.1 Å². The molecule has 1 aromatic heterocycles. The van der Waals surface area contributed by atoms with Crippen molar-refractivity contribution < 1.29 is 9.50 Å². The molecule has 0 radical (unpaired) electrons. The van der Waals surface area contributed by atoms with Crippen LogP contribution < -0.4 is 5.73 Å². The van der Waals surface area contributed by atoms with E-state index >= 15 is 0 Å². The highest BCUT2D eigenvalue weighted by Gasteiger charge is 2.30. The van der Waals surface area contributed by atoms with Gasteiger partial charge in [-0.25, -0.2) is 4.39 Å². The Labute approximate surface area is 118 Å². The number of aliphatic hydroxyl groups excluding tert-OH is 1. The quantitative estimate of drug-likeness (QED) is 0.838. The molecule has 1 unspecified atom stereocenters. The molecule has 2 rings (SSSR count). The van der Waals surface area contributed by atoms with Crippen molar-refractivity contribution in [2.75, 3.05) is 13.2 Å². The molecule has 0 bridgehead atoms. The minimum absolute atomic E-state index is 0.0601. The van der Waals surface area contributed by atoms with Gasteiger partial charge in [0.1, 0.15) is 5.82 Å². The summed E-state index contributed by atoms with van der Waals surface area (Å²) in [6, 6.07) is 6.20. The molecule has 0 aliphatic rings. The second-order valence-electron chi connectivity index (χ2n) is 5.17. The molecular formula is C15H20FN3O. The summed E-state index contributed by atoms with van der Waals surface area (Å²) in [5.74, 6) is -0.287. The van der Waals surface area contributed by atoms with Gasteiger partial charge in [0, 0.05) is 25.2 Å². The minimum atomic E-state index is -0.538. The van der Waals surface area contributed by atoms with Gasteiger partial charge >= 0.3 is 0 Å². The molecule has 1 heterocycles. The average Bonchev–Trinajstić information content (AvgIpc) is 2.88. The highest BCUT2D eigenvalue weighted by Crippen LogP contribution is 2.28. The number of aryl methyl sites for hydroxylation is 2. The van der Waals surface area contributed by atoms with Gasteiger partial charge in [-0.05, 0) is 36.1 Å². The first-order valence-electron chi connectivity index (χ1n) is 6.64. The van der Waals surface area contributed by atoms with Crippen molar-refractivity contribution >= 4 is 0 Å².